The third kappa shape index (κ3) is 2.44. The van der Waals surface area contributed by atoms with Crippen molar-refractivity contribution in [1.29, 1.82) is 0 Å². The second kappa shape index (κ2) is 5.23. The third-order valence-electron chi connectivity index (χ3n) is 3.64. The van der Waals surface area contributed by atoms with E-state index < -0.39 is 17.2 Å². The van der Waals surface area contributed by atoms with E-state index in [4.69, 9.17) is 0 Å². The normalized spacial score (nSPS) is 20.1. The Balaban J connectivity index is 2.34. The Kier molecular flexibility index (Phi) is 4.04. The average molecular weight is 320 g/mol. The number of piperidine rings is 1. The summed E-state index contributed by atoms with van der Waals surface area (Å²) in [6, 6.07) is 2.51. The van der Waals surface area contributed by atoms with E-state index in [9.17, 15) is 13.9 Å². The van der Waals surface area contributed by atoms with Gasteiger partial charge in [-0.3, -0.25) is 0 Å². The highest BCUT2D eigenvalue weighted by Gasteiger charge is 2.38. The van der Waals surface area contributed by atoms with Crippen LogP contribution in [0.3, 0.4) is 0 Å². The van der Waals surface area contributed by atoms with E-state index in [2.05, 4.69) is 20.8 Å². The molecule has 1 heterocycles. The molecular weight excluding hydrogens is 304 g/mol. The number of benzene rings is 1. The Bertz CT molecular complexity index is 445. The molecule has 0 bridgehead atoms. The Morgan fingerprint density at radius 3 is 2.50 bits per heavy atom. The highest BCUT2D eigenvalue weighted by atomic mass is 79.9. The molecule has 1 aromatic carbocycles. The molecule has 5 heteroatoms. The Hall–Kier alpha value is -0.520. The van der Waals surface area contributed by atoms with E-state index in [1.165, 1.54) is 12.1 Å². The minimum Gasteiger partial charge on any atom is -0.385 e. The Morgan fingerprint density at radius 1 is 1.33 bits per heavy atom. The maximum absolute atomic E-state index is 14.0. The number of hydrogen-bond donors (Lipinski definition) is 1. The van der Waals surface area contributed by atoms with E-state index in [1.807, 2.05) is 6.92 Å². The van der Waals surface area contributed by atoms with Crippen LogP contribution in [-0.2, 0) is 5.60 Å². The number of halogens is 3. The second-order valence-electron chi connectivity index (χ2n) is 4.68. The summed E-state index contributed by atoms with van der Waals surface area (Å²) < 4.78 is 28.0. The molecule has 18 heavy (non-hydrogen) atoms. The first-order valence-corrected chi connectivity index (χ1v) is 6.86. The molecule has 1 fully saturated rings. The van der Waals surface area contributed by atoms with Gasteiger partial charge >= 0.3 is 0 Å². The molecule has 1 N–H and O–H groups in total. The van der Waals surface area contributed by atoms with Crippen LogP contribution in [0.25, 0.3) is 0 Å². The van der Waals surface area contributed by atoms with E-state index in [1.54, 1.807) is 0 Å². The summed E-state index contributed by atoms with van der Waals surface area (Å²) in [6.45, 7) is 4.22. The molecule has 0 atom stereocenters. The third-order valence-corrected chi connectivity index (χ3v) is 4.25. The zero-order chi connectivity index (χ0) is 13.3. The molecule has 0 spiro atoms. The fraction of sp³-hybridized carbons (Fsp3) is 0.538. The number of hydrogen-bond acceptors (Lipinski definition) is 2. The Labute approximate surface area is 114 Å². The minimum atomic E-state index is -1.40. The zero-order valence-electron chi connectivity index (χ0n) is 10.2. The monoisotopic (exact) mass is 319 g/mol. The van der Waals surface area contributed by atoms with Crippen molar-refractivity contribution in [2.24, 2.45) is 0 Å². The molecule has 0 saturated carbocycles. The highest BCUT2D eigenvalue weighted by molar-refractivity contribution is 9.10. The van der Waals surface area contributed by atoms with Crippen molar-refractivity contribution in [3.8, 4) is 0 Å². The number of aliphatic hydroxyl groups is 1. The van der Waals surface area contributed by atoms with Crippen molar-refractivity contribution in [2.45, 2.75) is 25.4 Å². The first-order chi connectivity index (χ1) is 8.48. The zero-order valence-corrected chi connectivity index (χ0v) is 11.8. The van der Waals surface area contributed by atoms with Crippen LogP contribution < -0.4 is 0 Å². The quantitative estimate of drug-likeness (QED) is 0.847. The van der Waals surface area contributed by atoms with Gasteiger partial charge in [-0.05, 0) is 47.4 Å². The maximum Gasteiger partial charge on any atom is 0.146 e. The molecule has 0 amide bonds. The Morgan fingerprint density at radius 2 is 1.94 bits per heavy atom. The SMILES string of the molecule is CCN1CCC(O)(c2c(F)ccc(Br)c2F)CC1. The maximum atomic E-state index is 14.0. The van der Waals surface area contributed by atoms with Crippen LogP contribution in [0.15, 0.2) is 16.6 Å². The summed E-state index contributed by atoms with van der Waals surface area (Å²) in [4.78, 5) is 2.16. The lowest BCUT2D eigenvalue weighted by Crippen LogP contribution is -2.43. The van der Waals surface area contributed by atoms with Crippen molar-refractivity contribution >= 4 is 15.9 Å². The van der Waals surface area contributed by atoms with Gasteiger partial charge < -0.3 is 10.0 Å². The first kappa shape index (κ1) is 13.9. The van der Waals surface area contributed by atoms with E-state index in [-0.39, 0.29) is 10.0 Å². The van der Waals surface area contributed by atoms with Crippen LogP contribution in [0.2, 0.25) is 0 Å². The lowest BCUT2D eigenvalue weighted by Gasteiger charge is -2.38. The molecule has 0 unspecified atom stereocenters. The van der Waals surface area contributed by atoms with Crippen molar-refractivity contribution < 1.29 is 13.9 Å². The second-order valence-corrected chi connectivity index (χ2v) is 5.54. The lowest BCUT2D eigenvalue weighted by molar-refractivity contribution is -0.0301. The van der Waals surface area contributed by atoms with Crippen LogP contribution in [0, 0.1) is 11.6 Å². The molecule has 1 aliphatic rings. The van der Waals surface area contributed by atoms with Gasteiger partial charge in [-0.15, -0.1) is 0 Å². The van der Waals surface area contributed by atoms with Crippen LogP contribution in [0.4, 0.5) is 8.78 Å². The van der Waals surface area contributed by atoms with Crippen LogP contribution in [0.1, 0.15) is 25.3 Å². The minimum absolute atomic E-state index is 0.185. The van der Waals surface area contributed by atoms with E-state index >= 15 is 0 Å². The van der Waals surface area contributed by atoms with Gasteiger partial charge in [0.15, 0.2) is 0 Å². The largest absolute Gasteiger partial charge is 0.385 e. The van der Waals surface area contributed by atoms with Crippen molar-refractivity contribution in [3.63, 3.8) is 0 Å². The molecule has 1 saturated heterocycles. The van der Waals surface area contributed by atoms with Gasteiger partial charge in [0.2, 0.25) is 0 Å². The predicted octanol–water partition coefficient (Wildman–Crippen LogP) is 3.03. The molecule has 1 aliphatic heterocycles. The highest BCUT2D eigenvalue weighted by Crippen LogP contribution is 2.37. The van der Waals surface area contributed by atoms with E-state index in [0.29, 0.717) is 25.9 Å². The van der Waals surface area contributed by atoms with Crippen LogP contribution >= 0.6 is 15.9 Å². The fourth-order valence-electron chi connectivity index (χ4n) is 2.44. The van der Waals surface area contributed by atoms with Crippen LogP contribution in [-0.4, -0.2) is 29.6 Å². The topological polar surface area (TPSA) is 23.5 Å². The molecule has 100 valence electrons. The molecular formula is C13H16BrF2NO. The summed E-state index contributed by atoms with van der Waals surface area (Å²) in [5.74, 6) is -1.37. The molecule has 0 aliphatic carbocycles. The van der Waals surface area contributed by atoms with Gasteiger partial charge in [-0.2, -0.15) is 0 Å². The smallest absolute Gasteiger partial charge is 0.146 e. The van der Waals surface area contributed by atoms with Crippen LogP contribution in [0.5, 0.6) is 0 Å². The molecule has 0 radical (unpaired) electrons. The summed E-state index contributed by atoms with van der Waals surface area (Å²) >= 11 is 3.03. The molecule has 2 nitrogen and oxygen atoms in total. The fourth-order valence-corrected chi connectivity index (χ4v) is 2.77. The summed E-state index contributed by atoms with van der Waals surface area (Å²) in [7, 11) is 0. The standard InChI is InChI=1S/C13H16BrF2NO/c1-2-17-7-5-13(18,6-8-17)11-10(15)4-3-9(14)12(11)16/h3-4,18H,2,5-8H2,1H3. The predicted molar refractivity (Wildman–Crippen MR) is 69.3 cm³/mol. The van der Waals surface area contributed by atoms with Gasteiger partial charge in [0.25, 0.3) is 0 Å². The number of rotatable bonds is 2. The summed E-state index contributed by atoms with van der Waals surface area (Å²) in [6.07, 6.45) is 0.705. The average Bonchev–Trinajstić information content (AvgIpc) is 2.35. The van der Waals surface area contributed by atoms with Gasteiger partial charge in [0.05, 0.1) is 15.6 Å². The summed E-state index contributed by atoms with van der Waals surface area (Å²) in [5.41, 5.74) is -1.60. The summed E-state index contributed by atoms with van der Waals surface area (Å²) in [5, 5.41) is 10.5. The van der Waals surface area contributed by atoms with Gasteiger partial charge in [-0.25, -0.2) is 8.78 Å². The van der Waals surface area contributed by atoms with Gasteiger partial charge in [0, 0.05) is 13.1 Å². The number of nitrogens with zero attached hydrogens (tertiary/aromatic N) is 1. The molecule has 1 aromatic rings. The number of likely N-dealkylation sites (tertiary alicyclic amines) is 1. The van der Waals surface area contributed by atoms with Crippen molar-refractivity contribution in [3.05, 3.63) is 33.8 Å². The van der Waals surface area contributed by atoms with Gasteiger partial charge in [0.1, 0.15) is 11.6 Å². The van der Waals surface area contributed by atoms with Crippen molar-refractivity contribution in [1.82, 2.24) is 4.90 Å². The lowest BCUT2D eigenvalue weighted by atomic mass is 9.84. The first-order valence-electron chi connectivity index (χ1n) is 6.06. The molecule has 2 rings (SSSR count). The molecule has 0 aromatic heterocycles. The van der Waals surface area contributed by atoms with Gasteiger partial charge in [-0.1, -0.05) is 6.92 Å². The van der Waals surface area contributed by atoms with Crippen molar-refractivity contribution in [2.75, 3.05) is 19.6 Å². The van der Waals surface area contributed by atoms with E-state index in [0.717, 1.165) is 6.54 Å².